The molecule has 0 spiro atoms. The Morgan fingerprint density at radius 3 is 2.86 bits per heavy atom. The van der Waals surface area contributed by atoms with Gasteiger partial charge in [-0.3, -0.25) is 0 Å². The Kier molecular flexibility index (Phi) is 6.73. The lowest BCUT2D eigenvalue weighted by Crippen LogP contribution is -1.71. The first kappa shape index (κ1) is 7.38. The Morgan fingerprint density at radius 2 is 2.43 bits per heavy atom. The molecule has 0 radical (unpaired) electrons. The van der Waals surface area contributed by atoms with Crippen LogP contribution in [0, 0.1) is 0 Å². The Morgan fingerprint density at radius 1 is 1.71 bits per heavy atom. The van der Waals surface area contributed by atoms with E-state index in [1.54, 1.807) is 11.8 Å². The summed E-state index contributed by atoms with van der Waals surface area (Å²) in [5, 5.41) is 2.04. The van der Waals surface area contributed by atoms with Gasteiger partial charge in [0.05, 0.1) is 0 Å². The zero-order valence-corrected chi connectivity index (χ0v) is 5.93. The van der Waals surface area contributed by atoms with Crippen molar-refractivity contribution in [3.63, 3.8) is 0 Å². The zero-order chi connectivity index (χ0) is 5.54. The van der Waals surface area contributed by atoms with Crippen LogP contribution in [0.2, 0.25) is 0 Å². The second kappa shape index (κ2) is 6.38. The largest absolute Gasteiger partial charge is 0.133 e. The summed E-state index contributed by atoms with van der Waals surface area (Å²) in [7, 11) is 0. The Balaban J connectivity index is 2.69. The van der Waals surface area contributed by atoms with Gasteiger partial charge >= 0.3 is 0 Å². The summed E-state index contributed by atoms with van der Waals surface area (Å²) < 4.78 is 0. The number of rotatable bonds is 3. The van der Waals surface area contributed by atoms with E-state index in [0.29, 0.717) is 0 Å². The molecule has 0 bridgehead atoms. The maximum absolute atomic E-state index is 5.38. The number of hydrogen-bond acceptors (Lipinski definition) is 1. The first-order valence-electron chi connectivity index (χ1n) is 2.20. The molecule has 2 heteroatoms. The van der Waals surface area contributed by atoms with Crippen molar-refractivity contribution in [2.45, 2.75) is 6.92 Å². The van der Waals surface area contributed by atoms with E-state index in [4.69, 9.17) is 11.6 Å². The third-order valence-electron chi connectivity index (χ3n) is 0.427. The molecule has 0 nitrogen and oxygen atoms in total. The van der Waals surface area contributed by atoms with Crippen molar-refractivity contribution in [3.8, 4) is 0 Å². The van der Waals surface area contributed by atoms with Crippen LogP contribution < -0.4 is 0 Å². The highest BCUT2D eigenvalue weighted by molar-refractivity contribution is 8.02. The molecule has 7 heavy (non-hydrogen) atoms. The van der Waals surface area contributed by atoms with Gasteiger partial charge in [-0.05, 0) is 12.3 Å². The van der Waals surface area contributed by atoms with E-state index in [2.05, 4.69) is 0 Å². The van der Waals surface area contributed by atoms with Crippen molar-refractivity contribution in [3.05, 3.63) is 11.5 Å². The van der Waals surface area contributed by atoms with Crippen LogP contribution in [-0.4, -0.2) is 11.6 Å². The molecule has 0 rings (SSSR count). The Hall–Kier alpha value is 0.380. The van der Waals surface area contributed by atoms with Gasteiger partial charge < -0.3 is 0 Å². The van der Waals surface area contributed by atoms with Crippen molar-refractivity contribution in [2.75, 3.05) is 11.6 Å². The summed E-state index contributed by atoms with van der Waals surface area (Å²) in [6, 6.07) is 0. The second-order valence-electron chi connectivity index (χ2n) is 1.03. The number of thioether (sulfide) groups is 1. The molecule has 0 aromatic carbocycles. The topological polar surface area (TPSA) is 0 Å². The molecule has 0 N–H and O–H groups in total. The number of halogens is 1. The van der Waals surface area contributed by atoms with Crippen LogP contribution in [0.3, 0.4) is 0 Å². The quantitative estimate of drug-likeness (QED) is 0.425. The summed E-state index contributed by atoms with van der Waals surface area (Å²) in [5.41, 5.74) is 0. The predicted octanol–water partition coefficient (Wildman–Crippen LogP) is 2.49. The van der Waals surface area contributed by atoms with Crippen molar-refractivity contribution < 1.29 is 0 Å². The zero-order valence-electron chi connectivity index (χ0n) is 4.36. The third-order valence-corrected chi connectivity index (χ3v) is 1.74. The van der Waals surface area contributed by atoms with Crippen LogP contribution in [0.15, 0.2) is 11.5 Å². The lowest BCUT2D eigenvalue weighted by Gasteiger charge is -1.82. The highest BCUT2D eigenvalue weighted by atomic mass is 35.5. The van der Waals surface area contributed by atoms with Gasteiger partial charge in [-0.2, -0.15) is 0 Å². The first-order valence-corrected chi connectivity index (χ1v) is 3.79. The molecule has 0 fully saturated rings. The van der Waals surface area contributed by atoms with Crippen LogP contribution in [0.5, 0.6) is 0 Å². The van der Waals surface area contributed by atoms with E-state index in [9.17, 15) is 0 Å². The van der Waals surface area contributed by atoms with Gasteiger partial charge in [0.25, 0.3) is 0 Å². The van der Waals surface area contributed by atoms with Crippen LogP contribution >= 0.6 is 23.4 Å². The average molecular weight is 137 g/mol. The molecule has 0 aromatic rings. The van der Waals surface area contributed by atoms with Crippen molar-refractivity contribution in [1.82, 2.24) is 0 Å². The van der Waals surface area contributed by atoms with Gasteiger partial charge in [0.1, 0.15) is 0 Å². The molecule has 0 saturated carbocycles. The highest BCUT2D eigenvalue weighted by Crippen LogP contribution is 2.00. The fourth-order valence-corrected chi connectivity index (χ4v) is 0.894. The third kappa shape index (κ3) is 6.38. The molecular formula is C5H9ClS. The molecule has 0 saturated heterocycles. The normalized spacial score (nSPS) is 10.6. The molecule has 0 aliphatic heterocycles. The van der Waals surface area contributed by atoms with Crippen molar-refractivity contribution >= 4 is 23.4 Å². The smallest absolute Gasteiger partial charge is 0.0317 e. The summed E-state index contributed by atoms with van der Waals surface area (Å²) in [5.74, 6) is 1.76. The lowest BCUT2D eigenvalue weighted by atomic mass is 10.8. The molecule has 42 valence electrons. The minimum absolute atomic E-state index is 0.745. The number of alkyl halides is 1. The molecule has 0 heterocycles. The van der Waals surface area contributed by atoms with Crippen molar-refractivity contribution in [1.29, 1.82) is 0 Å². The molecule has 0 aromatic heterocycles. The molecule has 0 unspecified atom stereocenters. The molecule has 0 aliphatic rings. The highest BCUT2D eigenvalue weighted by Gasteiger charge is 1.74. The summed E-state index contributed by atoms with van der Waals surface area (Å²) >= 11 is 7.12. The van der Waals surface area contributed by atoms with E-state index >= 15 is 0 Å². The first-order chi connectivity index (χ1) is 3.41. The van der Waals surface area contributed by atoms with Gasteiger partial charge in [-0.1, -0.05) is 6.08 Å². The molecular weight excluding hydrogens is 128 g/mol. The Bertz CT molecular complexity index is 52.0. The minimum atomic E-state index is 0.745. The van der Waals surface area contributed by atoms with E-state index in [1.807, 2.05) is 18.4 Å². The maximum atomic E-state index is 5.38. The number of hydrogen-bond donors (Lipinski definition) is 0. The van der Waals surface area contributed by atoms with E-state index < -0.39 is 0 Å². The van der Waals surface area contributed by atoms with Gasteiger partial charge in [-0.25, -0.2) is 0 Å². The predicted molar refractivity (Wildman–Crippen MR) is 38.0 cm³/mol. The molecule has 0 amide bonds. The summed E-state index contributed by atoms with van der Waals surface area (Å²) in [4.78, 5) is 0. The summed E-state index contributed by atoms with van der Waals surface area (Å²) in [6.45, 7) is 2.00. The standard InChI is InChI=1S/C5H9ClS/c1-2-4-7-5-3-6/h2,4H,3,5H2,1H3/b4-2+. The second-order valence-corrected chi connectivity index (χ2v) is 2.42. The number of allylic oxidation sites excluding steroid dienone is 1. The molecule has 0 atom stereocenters. The van der Waals surface area contributed by atoms with Gasteiger partial charge in [0.15, 0.2) is 0 Å². The summed E-state index contributed by atoms with van der Waals surface area (Å²) in [6.07, 6.45) is 2.01. The molecule has 0 aliphatic carbocycles. The average Bonchev–Trinajstić information content (AvgIpc) is 1.69. The van der Waals surface area contributed by atoms with E-state index in [1.165, 1.54) is 0 Å². The van der Waals surface area contributed by atoms with Gasteiger partial charge in [-0.15, -0.1) is 23.4 Å². The SMILES string of the molecule is C/C=C/SCCCl. The maximum Gasteiger partial charge on any atom is 0.0317 e. The van der Waals surface area contributed by atoms with E-state index in [-0.39, 0.29) is 0 Å². The van der Waals surface area contributed by atoms with Crippen LogP contribution in [-0.2, 0) is 0 Å². The van der Waals surface area contributed by atoms with Crippen LogP contribution in [0.25, 0.3) is 0 Å². The van der Waals surface area contributed by atoms with Crippen molar-refractivity contribution in [2.24, 2.45) is 0 Å². The minimum Gasteiger partial charge on any atom is -0.133 e. The fourth-order valence-electron chi connectivity index (χ4n) is 0.209. The monoisotopic (exact) mass is 136 g/mol. The Labute approximate surface area is 53.9 Å². The van der Waals surface area contributed by atoms with E-state index in [0.717, 1.165) is 11.6 Å². The van der Waals surface area contributed by atoms with Gasteiger partial charge in [0.2, 0.25) is 0 Å². The lowest BCUT2D eigenvalue weighted by molar-refractivity contribution is 1.54. The van der Waals surface area contributed by atoms with Crippen LogP contribution in [0.1, 0.15) is 6.92 Å². The fraction of sp³-hybridized carbons (Fsp3) is 0.600. The van der Waals surface area contributed by atoms with Crippen LogP contribution in [0.4, 0.5) is 0 Å². The van der Waals surface area contributed by atoms with Gasteiger partial charge in [0, 0.05) is 11.6 Å².